The van der Waals surface area contributed by atoms with E-state index in [2.05, 4.69) is 5.01 Å². The molecule has 0 spiro atoms. The van der Waals surface area contributed by atoms with Gasteiger partial charge < -0.3 is 0 Å². The van der Waals surface area contributed by atoms with Crippen LogP contribution in [0.2, 0.25) is 10.0 Å². The normalized spacial score (nSPS) is 28.1. The molecule has 5 nitrogen and oxygen atoms in total. The van der Waals surface area contributed by atoms with E-state index < -0.39 is 12.0 Å². The number of anilines is 1. The van der Waals surface area contributed by atoms with Crippen LogP contribution in [0.1, 0.15) is 18.0 Å². The summed E-state index contributed by atoms with van der Waals surface area (Å²) in [7, 11) is 0. The lowest BCUT2D eigenvalue weighted by Crippen LogP contribution is -2.44. The van der Waals surface area contributed by atoms with Crippen LogP contribution in [0.5, 0.6) is 0 Å². The summed E-state index contributed by atoms with van der Waals surface area (Å²) < 4.78 is 0. The lowest BCUT2D eigenvalue weighted by atomic mass is 9.89. The Bertz CT molecular complexity index is 916. The van der Waals surface area contributed by atoms with E-state index in [9.17, 15) is 9.59 Å². The number of halogens is 2. The summed E-state index contributed by atoms with van der Waals surface area (Å²) in [6, 6.07) is 13.6. The van der Waals surface area contributed by atoms with E-state index in [4.69, 9.17) is 23.2 Å². The standard InChI is InChI=1S/C20H17Cl2N3O2/c21-13-8-4-9-14(22)15(13)17-16-18(24-11-5-10-23(17)24)20(27)25(19(16)26)12-6-2-1-3-7-12/h1-4,6-9,16-18H,5,10-11H2. The first kappa shape index (κ1) is 17.2. The van der Waals surface area contributed by atoms with Crippen molar-refractivity contribution in [3.8, 4) is 0 Å². The van der Waals surface area contributed by atoms with E-state index in [1.807, 2.05) is 23.2 Å². The van der Waals surface area contributed by atoms with Gasteiger partial charge >= 0.3 is 0 Å². The highest BCUT2D eigenvalue weighted by atomic mass is 35.5. The van der Waals surface area contributed by atoms with Crippen LogP contribution < -0.4 is 4.90 Å². The van der Waals surface area contributed by atoms with Gasteiger partial charge in [0.05, 0.1) is 17.6 Å². The average Bonchev–Trinajstić information content (AvgIpc) is 3.29. The molecule has 2 aromatic rings. The van der Waals surface area contributed by atoms with Gasteiger partial charge in [-0.3, -0.25) is 9.59 Å². The molecule has 0 saturated carbocycles. The largest absolute Gasteiger partial charge is 0.274 e. The van der Waals surface area contributed by atoms with Gasteiger partial charge in [0, 0.05) is 28.7 Å². The van der Waals surface area contributed by atoms with Crippen molar-refractivity contribution in [3.63, 3.8) is 0 Å². The fraction of sp³-hybridized carbons (Fsp3) is 0.300. The molecule has 0 bridgehead atoms. The first-order chi connectivity index (χ1) is 13.1. The smallest absolute Gasteiger partial charge is 0.253 e. The average molecular weight is 402 g/mol. The third-order valence-corrected chi connectivity index (χ3v) is 6.37. The van der Waals surface area contributed by atoms with Crippen molar-refractivity contribution < 1.29 is 9.59 Å². The highest BCUT2D eigenvalue weighted by Gasteiger charge is 2.63. The number of hydrogen-bond acceptors (Lipinski definition) is 4. The van der Waals surface area contributed by atoms with E-state index in [1.165, 1.54) is 4.90 Å². The zero-order valence-electron chi connectivity index (χ0n) is 14.4. The van der Waals surface area contributed by atoms with Crippen LogP contribution in [0.25, 0.3) is 0 Å². The number of imide groups is 1. The van der Waals surface area contributed by atoms with Crippen LogP contribution in [-0.2, 0) is 9.59 Å². The highest BCUT2D eigenvalue weighted by molar-refractivity contribution is 6.36. The minimum absolute atomic E-state index is 0.172. The third-order valence-electron chi connectivity index (χ3n) is 5.72. The summed E-state index contributed by atoms with van der Waals surface area (Å²) in [5.41, 5.74) is 1.34. The molecule has 0 aliphatic carbocycles. The van der Waals surface area contributed by atoms with Gasteiger partial charge in [-0.05, 0) is 30.7 Å². The third kappa shape index (κ3) is 2.39. The molecular weight excluding hydrogens is 385 g/mol. The Morgan fingerprint density at radius 2 is 1.41 bits per heavy atom. The van der Waals surface area contributed by atoms with Crippen LogP contribution in [-0.4, -0.2) is 41.0 Å². The molecule has 2 amide bonds. The summed E-state index contributed by atoms with van der Waals surface area (Å²) >= 11 is 13.0. The van der Waals surface area contributed by atoms with Gasteiger partial charge in [0.15, 0.2) is 0 Å². The van der Waals surface area contributed by atoms with Gasteiger partial charge in [0.25, 0.3) is 5.91 Å². The van der Waals surface area contributed by atoms with E-state index in [-0.39, 0.29) is 17.9 Å². The van der Waals surface area contributed by atoms with Crippen molar-refractivity contribution in [1.82, 2.24) is 10.0 Å². The molecular formula is C20H17Cl2N3O2. The molecule has 5 rings (SSSR count). The number of rotatable bonds is 2. The number of nitrogens with zero attached hydrogens (tertiary/aromatic N) is 3. The number of carbonyl (C=O) groups excluding carboxylic acids is 2. The van der Waals surface area contributed by atoms with Crippen molar-refractivity contribution in [2.45, 2.75) is 18.5 Å². The van der Waals surface area contributed by atoms with Gasteiger partial charge in [-0.1, -0.05) is 47.5 Å². The zero-order valence-corrected chi connectivity index (χ0v) is 15.9. The maximum atomic E-state index is 13.4. The summed E-state index contributed by atoms with van der Waals surface area (Å²) in [5.74, 6) is -0.879. The predicted molar refractivity (Wildman–Crippen MR) is 103 cm³/mol. The summed E-state index contributed by atoms with van der Waals surface area (Å²) in [5, 5.41) is 5.20. The number of amides is 2. The Labute approximate surface area is 167 Å². The van der Waals surface area contributed by atoms with Crippen LogP contribution in [0, 0.1) is 5.92 Å². The van der Waals surface area contributed by atoms with Gasteiger partial charge in [-0.15, -0.1) is 0 Å². The highest BCUT2D eigenvalue weighted by Crippen LogP contribution is 2.51. The van der Waals surface area contributed by atoms with Crippen molar-refractivity contribution in [1.29, 1.82) is 0 Å². The Morgan fingerprint density at radius 1 is 0.778 bits per heavy atom. The molecule has 3 aliphatic rings. The van der Waals surface area contributed by atoms with Crippen molar-refractivity contribution in [3.05, 3.63) is 64.1 Å². The SMILES string of the molecule is O=C1C2C(C(=O)N1c1ccccc1)N1CCCN1C2c1c(Cl)cccc1Cl. The van der Waals surface area contributed by atoms with Crippen LogP contribution >= 0.6 is 23.2 Å². The maximum absolute atomic E-state index is 13.4. The molecule has 2 aromatic carbocycles. The number of hydrazine groups is 1. The zero-order chi connectivity index (χ0) is 18.7. The Hall–Kier alpha value is -1.92. The molecule has 7 heteroatoms. The fourth-order valence-electron chi connectivity index (χ4n) is 4.69. The second-order valence-electron chi connectivity index (χ2n) is 7.08. The van der Waals surface area contributed by atoms with E-state index in [0.717, 1.165) is 25.1 Å². The van der Waals surface area contributed by atoms with Gasteiger partial charge in [0.2, 0.25) is 5.91 Å². The number of hydrogen-bond donors (Lipinski definition) is 0. The quantitative estimate of drug-likeness (QED) is 0.721. The van der Waals surface area contributed by atoms with Gasteiger partial charge in [-0.2, -0.15) is 0 Å². The lowest BCUT2D eigenvalue weighted by Gasteiger charge is -2.30. The molecule has 27 heavy (non-hydrogen) atoms. The lowest BCUT2D eigenvalue weighted by molar-refractivity contribution is -0.126. The predicted octanol–water partition coefficient (Wildman–Crippen LogP) is 3.53. The second-order valence-corrected chi connectivity index (χ2v) is 7.89. The number of fused-ring (bicyclic) bond motifs is 3. The van der Waals surface area contributed by atoms with E-state index in [0.29, 0.717) is 15.7 Å². The van der Waals surface area contributed by atoms with Crippen LogP contribution in [0.15, 0.2) is 48.5 Å². The second kappa shape index (κ2) is 6.31. The molecule has 138 valence electrons. The molecule has 3 fully saturated rings. The molecule has 3 heterocycles. The van der Waals surface area contributed by atoms with Crippen molar-refractivity contribution in [2.75, 3.05) is 18.0 Å². The molecule has 0 aromatic heterocycles. The summed E-state index contributed by atoms with van der Waals surface area (Å²) in [6.45, 7) is 1.53. The van der Waals surface area contributed by atoms with Gasteiger partial charge in [-0.25, -0.2) is 14.9 Å². The molecule has 0 radical (unpaired) electrons. The van der Waals surface area contributed by atoms with Crippen LogP contribution in [0.4, 0.5) is 5.69 Å². The van der Waals surface area contributed by atoms with Crippen LogP contribution in [0.3, 0.4) is 0 Å². The summed E-state index contributed by atoms with van der Waals surface area (Å²) in [4.78, 5) is 28.0. The number of carbonyl (C=O) groups is 2. The Kier molecular flexibility index (Phi) is 4.02. The molecule has 0 N–H and O–H groups in total. The minimum Gasteiger partial charge on any atom is -0.274 e. The molecule has 3 atom stereocenters. The van der Waals surface area contributed by atoms with E-state index in [1.54, 1.807) is 30.3 Å². The molecule has 3 saturated heterocycles. The first-order valence-electron chi connectivity index (χ1n) is 8.99. The minimum atomic E-state index is -0.518. The topological polar surface area (TPSA) is 43.9 Å². The van der Waals surface area contributed by atoms with Gasteiger partial charge in [0.1, 0.15) is 6.04 Å². The Balaban J connectivity index is 1.64. The number of benzene rings is 2. The molecule has 3 unspecified atom stereocenters. The monoisotopic (exact) mass is 401 g/mol. The first-order valence-corrected chi connectivity index (χ1v) is 9.75. The Morgan fingerprint density at radius 3 is 2.07 bits per heavy atom. The molecule has 3 aliphatic heterocycles. The fourth-order valence-corrected chi connectivity index (χ4v) is 5.31. The van der Waals surface area contributed by atoms with E-state index >= 15 is 0 Å². The number of para-hydroxylation sites is 1. The van der Waals surface area contributed by atoms with Crippen molar-refractivity contribution in [2.24, 2.45) is 5.92 Å². The van der Waals surface area contributed by atoms with Crippen molar-refractivity contribution >= 4 is 40.7 Å². The summed E-state index contributed by atoms with van der Waals surface area (Å²) in [6.07, 6.45) is 0.939. The maximum Gasteiger partial charge on any atom is 0.253 e.